The van der Waals surface area contributed by atoms with E-state index in [2.05, 4.69) is 21.2 Å². The number of piperidine rings is 1. The van der Waals surface area contributed by atoms with Crippen LogP contribution in [0.1, 0.15) is 31.2 Å². The predicted molar refractivity (Wildman–Crippen MR) is 89.8 cm³/mol. The third-order valence-electron chi connectivity index (χ3n) is 4.57. The van der Waals surface area contributed by atoms with Crippen molar-refractivity contribution in [3.63, 3.8) is 0 Å². The molecule has 2 amide bonds. The fourth-order valence-corrected chi connectivity index (χ4v) is 3.52. The Balaban J connectivity index is 1.66. The lowest BCUT2D eigenvalue weighted by Crippen LogP contribution is -2.44. The molecule has 1 aliphatic carbocycles. The molecule has 0 bridgehead atoms. The van der Waals surface area contributed by atoms with Crippen molar-refractivity contribution in [2.24, 2.45) is 11.8 Å². The van der Waals surface area contributed by atoms with Crippen molar-refractivity contribution in [2.75, 3.05) is 18.4 Å². The number of anilines is 1. The van der Waals surface area contributed by atoms with Crippen LogP contribution in [0.5, 0.6) is 0 Å². The van der Waals surface area contributed by atoms with Gasteiger partial charge in [0.15, 0.2) is 0 Å². The highest BCUT2D eigenvalue weighted by molar-refractivity contribution is 9.10. The van der Waals surface area contributed by atoms with Crippen LogP contribution in [0.2, 0.25) is 0 Å². The number of benzene rings is 1. The lowest BCUT2D eigenvalue weighted by Gasteiger charge is -2.32. The average Bonchev–Trinajstić information content (AvgIpc) is 3.40. The van der Waals surface area contributed by atoms with E-state index in [1.807, 2.05) is 0 Å². The number of likely N-dealkylation sites (tertiary alicyclic amines) is 1. The van der Waals surface area contributed by atoms with E-state index in [0.29, 0.717) is 19.5 Å². The summed E-state index contributed by atoms with van der Waals surface area (Å²) in [7, 11) is 0. The lowest BCUT2D eigenvalue weighted by molar-refractivity contribution is -0.138. The van der Waals surface area contributed by atoms with Crippen molar-refractivity contribution >= 4 is 33.4 Å². The van der Waals surface area contributed by atoms with Crippen LogP contribution in [0.15, 0.2) is 22.7 Å². The second-order valence-electron chi connectivity index (χ2n) is 6.58. The Morgan fingerprint density at radius 3 is 2.52 bits per heavy atom. The van der Waals surface area contributed by atoms with Gasteiger partial charge in [-0.15, -0.1) is 0 Å². The number of amides is 2. The number of hydrogen-bond donors (Lipinski definition) is 1. The van der Waals surface area contributed by atoms with Crippen LogP contribution in [0, 0.1) is 11.8 Å². The van der Waals surface area contributed by atoms with E-state index < -0.39 is 17.7 Å². The zero-order valence-corrected chi connectivity index (χ0v) is 15.0. The van der Waals surface area contributed by atoms with Crippen molar-refractivity contribution < 1.29 is 22.8 Å². The van der Waals surface area contributed by atoms with Crippen LogP contribution >= 0.6 is 15.9 Å². The summed E-state index contributed by atoms with van der Waals surface area (Å²) in [6.07, 6.45) is -1.33. The zero-order valence-electron chi connectivity index (χ0n) is 13.4. The van der Waals surface area contributed by atoms with Gasteiger partial charge in [-0.3, -0.25) is 9.59 Å². The van der Waals surface area contributed by atoms with Gasteiger partial charge in [-0.1, -0.05) is 15.9 Å². The monoisotopic (exact) mass is 418 g/mol. The van der Waals surface area contributed by atoms with Crippen LogP contribution in [-0.4, -0.2) is 29.8 Å². The van der Waals surface area contributed by atoms with Gasteiger partial charge in [0.1, 0.15) is 0 Å². The highest BCUT2D eigenvalue weighted by atomic mass is 79.9. The summed E-state index contributed by atoms with van der Waals surface area (Å²) in [5, 5.41) is 2.56. The van der Waals surface area contributed by atoms with Gasteiger partial charge in [0.2, 0.25) is 11.8 Å². The van der Waals surface area contributed by atoms with Crippen molar-refractivity contribution in [2.45, 2.75) is 31.9 Å². The van der Waals surface area contributed by atoms with Crippen LogP contribution in [0.3, 0.4) is 0 Å². The second kappa shape index (κ2) is 6.97. The molecule has 1 saturated heterocycles. The zero-order chi connectivity index (χ0) is 18.2. The molecule has 1 heterocycles. The maximum absolute atomic E-state index is 13.0. The Morgan fingerprint density at radius 1 is 1.16 bits per heavy atom. The fraction of sp³-hybridized carbons (Fsp3) is 0.529. The Labute approximate surface area is 151 Å². The van der Waals surface area contributed by atoms with E-state index in [1.165, 1.54) is 12.1 Å². The number of hydrogen-bond acceptors (Lipinski definition) is 2. The molecule has 1 aromatic rings. The average molecular weight is 419 g/mol. The van der Waals surface area contributed by atoms with E-state index >= 15 is 0 Å². The van der Waals surface area contributed by atoms with Gasteiger partial charge in [0, 0.05) is 29.2 Å². The molecule has 0 unspecified atom stereocenters. The molecular formula is C17H18BrF3N2O2. The van der Waals surface area contributed by atoms with E-state index in [0.717, 1.165) is 25.3 Å². The highest BCUT2D eigenvalue weighted by Crippen LogP contribution is 2.36. The number of alkyl halides is 3. The SMILES string of the molecule is O=C(Nc1ccc(Br)c(C(F)(F)F)c1)[C@H]1CCCN(C(=O)C2CC2)C1. The Kier molecular flexibility index (Phi) is 5.09. The lowest BCUT2D eigenvalue weighted by atomic mass is 9.96. The fourth-order valence-electron chi connectivity index (χ4n) is 3.04. The standard InChI is InChI=1S/C17H18BrF3N2O2/c18-14-6-5-12(8-13(14)17(19,20)21)22-15(24)11-2-1-7-23(9-11)16(25)10-3-4-10/h5-6,8,10-11H,1-4,7,9H2,(H,22,24)/t11-/m0/s1. The Morgan fingerprint density at radius 2 is 1.88 bits per heavy atom. The molecule has 1 aromatic carbocycles. The first-order valence-electron chi connectivity index (χ1n) is 8.22. The molecule has 1 atom stereocenters. The van der Waals surface area contributed by atoms with E-state index in [4.69, 9.17) is 0 Å². The first-order valence-corrected chi connectivity index (χ1v) is 9.01. The number of carbonyl (C=O) groups excluding carboxylic acids is 2. The smallest absolute Gasteiger partial charge is 0.342 e. The number of nitrogens with zero attached hydrogens (tertiary/aromatic N) is 1. The van der Waals surface area contributed by atoms with Gasteiger partial charge in [-0.05, 0) is 43.9 Å². The van der Waals surface area contributed by atoms with Crippen LogP contribution in [-0.2, 0) is 15.8 Å². The molecule has 0 spiro atoms. The third-order valence-corrected chi connectivity index (χ3v) is 5.26. The molecule has 4 nitrogen and oxygen atoms in total. The van der Waals surface area contributed by atoms with Crippen LogP contribution in [0.4, 0.5) is 18.9 Å². The quantitative estimate of drug-likeness (QED) is 0.804. The summed E-state index contributed by atoms with van der Waals surface area (Å²) in [5.41, 5.74) is -0.731. The molecule has 1 N–H and O–H groups in total. The summed E-state index contributed by atoms with van der Waals surface area (Å²) >= 11 is 2.88. The normalized spacial score (nSPS) is 21.1. The van der Waals surface area contributed by atoms with Gasteiger partial charge >= 0.3 is 6.18 Å². The minimum atomic E-state index is -4.50. The van der Waals surface area contributed by atoms with Gasteiger partial charge in [-0.2, -0.15) is 13.2 Å². The topological polar surface area (TPSA) is 49.4 Å². The number of rotatable bonds is 3. The Hall–Kier alpha value is -1.57. The first kappa shape index (κ1) is 18.2. The maximum Gasteiger partial charge on any atom is 0.417 e. The molecule has 3 rings (SSSR count). The molecule has 1 aliphatic heterocycles. The van der Waals surface area contributed by atoms with E-state index in [9.17, 15) is 22.8 Å². The molecule has 0 radical (unpaired) electrons. The largest absolute Gasteiger partial charge is 0.417 e. The third kappa shape index (κ3) is 4.34. The molecular weight excluding hydrogens is 401 g/mol. The summed E-state index contributed by atoms with van der Waals surface area (Å²) < 4.78 is 38.8. The molecule has 1 saturated carbocycles. The summed E-state index contributed by atoms with van der Waals surface area (Å²) in [6.45, 7) is 0.986. The number of nitrogens with one attached hydrogen (secondary N) is 1. The maximum atomic E-state index is 13.0. The van der Waals surface area contributed by atoms with Gasteiger partial charge in [-0.25, -0.2) is 0 Å². The number of carbonyl (C=O) groups is 2. The Bertz CT molecular complexity index is 689. The first-order chi connectivity index (χ1) is 11.8. The minimum Gasteiger partial charge on any atom is -0.342 e. The summed E-state index contributed by atoms with van der Waals surface area (Å²) in [6, 6.07) is 3.60. The van der Waals surface area contributed by atoms with Crippen molar-refractivity contribution in [3.05, 3.63) is 28.2 Å². The summed E-state index contributed by atoms with van der Waals surface area (Å²) in [5.74, 6) is -0.540. The van der Waals surface area contributed by atoms with E-state index in [1.54, 1.807) is 4.90 Å². The molecule has 136 valence electrons. The second-order valence-corrected chi connectivity index (χ2v) is 7.43. The predicted octanol–water partition coefficient (Wildman–Crippen LogP) is 4.06. The van der Waals surface area contributed by atoms with Crippen molar-refractivity contribution in [1.82, 2.24) is 4.90 Å². The van der Waals surface area contributed by atoms with Crippen molar-refractivity contribution in [1.29, 1.82) is 0 Å². The van der Waals surface area contributed by atoms with Gasteiger partial charge in [0.05, 0.1) is 11.5 Å². The molecule has 2 aliphatic rings. The molecule has 2 fully saturated rings. The van der Waals surface area contributed by atoms with Crippen LogP contribution in [0.25, 0.3) is 0 Å². The molecule has 0 aromatic heterocycles. The summed E-state index contributed by atoms with van der Waals surface area (Å²) in [4.78, 5) is 26.3. The minimum absolute atomic E-state index is 0.0723. The van der Waals surface area contributed by atoms with Gasteiger partial charge < -0.3 is 10.2 Å². The van der Waals surface area contributed by atoms with Gasteiger partial charge in [0.25, 0.3) is 0 Å². The highest BCUT2D eigenvalue weighted by Gasteiger charge is 2.37. The molecule has 25 heavy (non-hydrogen) atoms. The van der Waals surface area contributed by atoms with Crippen molar-refractivity contribution in [3.8, 4) is 0 Å². The van der Waals surface area contributed by atoms with E-state index in [-0.39, 0.29) is 27.9 Å². The van der Waals surface area contributed by atoms with Crippen LogP contribution < -0.4 is 5.32 Å². The number of halogens is 4. The molecule has 8 heteroatoms.